The summed E-state index contributed by atoms with van der Waals surface area (Å²) in [6.45, 7) is 3.08. The van der Waals surface area contributed by atoms with Crippen molar-refractivity contribution in [3.8, 4) is 5.75 Å². The highest BCUT2D eigenvalue weighted by molar-refractivity contribution is 6.31. The molecule has 0 saturated carbocycles. The van der Waals surface area contributed by atoms with Gasteiger partial charge >= 0.3 is 0 Å². The van der Waals surface area contributed by atoms with Crippen LogP contribution < -0.4 is 15.6 Å². The summed E-state index contributed by atoms with van der Waals surface area (Å²) in [6, 6.07) is 5.04. The Balaban J connectivity index is 1.71. The second kappa shape index (κ2) is 7.47. The average Bonchev–Trinajstić information content (AvgIpc) is 2.60. The van der Waals surface area contributed by atoms with Crippen molar-refractivity contribution in [1.29, 1.82) is 0 Å². The van der Waals surface area contributed by atoms with Gasteiger partial charge in [0.05, 0.1) is 30.6 Å². The highest BCUT2D eigenvalue weighted by atomic mass is 35.5. The molecule has 7 nitrogen and oxygen atoms in total. The van der Waals surface area contributed by atoms with E-state index in [2.05, 4.69) is 10.3 Å². The number of hydrogen-bond acceptors (Lipinski definition) is 5. The molecule has 0 saturated heterocycles. The van der Waals surface area contributed by atoms with E-state index in [4.69, 9.17) is 16.3 Å². The molecule has 2 aromatic rings. The maximum Gasteiger partial charge on any atom is 0.257 e. The Hall–Kier alpha value is -2.38. The van der Waals surface area contributed by atoms with Gasteiger partial charge in [-0.05, 0) is 25.1 Å². The van der Waals surface area contributed by atoms with E-state index in [0.717, 1.165) is 5.69 Å². The third kappa shape index (κ3) is 3.73. The van der Waals surface area contributed by atoms with Crippen molar-refractivity contribution in [1.82, 2.24) is 14.5 Å². The maximum atomic E-state index is 12.4. The number of aromatic nitrogens is 2. The minimum absolute atomic E-state index is 0.0471. The molecule has 0 fully saturated rings. The van der Waals surface area contributed by atoms with Gasteiger partial charge in [0.1, 0.15) is 11.6 Å². The standard InChI is InChI=1S/C18H21ClN4O3/c1-11-20-14-6-7-23(9-13(14)18(25)22(11)2)10-17(24)21-15-8-12(19)4-5-16(15)26-3/h4-5,8H,6-7,9-10H2,1-3H3,(H,21,24). The lowest BCUT2D eigenvalue weighted by Crippen LogP contribution is -2.41. The van der Waals surface area contributed by atoms with E-state index >= 15 is 0 Å². The summed E-state index contributed by atoms with van der Waals surface area (Å²) in [7, 11) is 3.24. The van der Waals surface area contributed by atoms with E-state index in [9.17, 15) is 9.59 Å². The van der Waals surface area contributed by atoms with E-state index in [1.54, 1.807) is 29.8 Å². The van der Waals surface area contributed by atoms with Crippen LogP contribution in [0.1, 0.15) is 17.1 Å². The summed E-state index contributed by atoms with van der Waals surface area (Å²) >= 11 is 5.99. The van der Waals surface area contributed by atoms with Gasteiger partial charge in [0.2, 0.25) is 5.91 Å². The molecule has 1 N–H and O–H groups in total. The number of carbonyl (C=O) groups is 1. The monoisotopic (exact) mass is 376 g/mol. The van der Waals surface area contributed by atoms with Crippen LogP contribution in [0.2, 0.25) is 5.02 Å². The van der Waals surface area contributed by atoms with Gasteiger partial charge in [-0.2, -0.15) is 0 Å². The van der Waals surface area contributed by atoms with Gasteiger partial charge in [-0.15, -0.1) is 0 Å². The molecular weight excluding hydrogens is 356 g/mol. The van der Waals surface area contributed by atoms with Gasteiger partial charge in [0, 0.05) is 31.6 Å². The first-order valence-electron chi connectivity index (χ1n) is 8.30. The lowest BCUT2D eigenvalue weighted by molar-refractivity contribution is -0.117. The molecule has 1 aliphatic heterocycles. The molecule has 3 rings (SSSR count). The molecule has 0 unspecified atom stereocenters. The zero-order chi connectivity index (χ0) is 18.8. The summed E-state index contributed by atoms with van der Waals surface area (Å²) in [5.74, 6) is 1.05. The van der Waals surface area contributed by atoms with E-state index in [-0.39, 0.29) is 18.0 Å². The largest absolute Gasteiger partial charge is 0.495 e. The van der Waals surface area contributed by atoms with Crippen LogP contribution in [0.4, 0.5) is 5.69 Å². The lowest BCUT2D eigenvalue weighted by Gasteiger charge is -2.27. The Kier molecular flexibility index (Phi) is 5.29. The van der Waals surface area contributed by atoms with Crippen LogP contribution in [0, 0.1) is 6.92 Å². The summed E-state index contributed by atoms with van der Waals surface area (Å²) in [5, 5.41) is 3.33. The molecule has 0 spiro atoms. The van der Waals surface area contributed by atoms with Gasteiger partial charge in [-0.3, -0.25) is 19.1 Å². The first-order valence-corrected chi connectivity index (χ1v) is 8.68. The normalized spacial score (nSPS) is 14.0. The summed E-state index contributed by atoms with van der Waals surface area (Å²) < 4.78 is 6.78. The second-order valence-corrected chi connectivity index (χ2v) is 6.74. The number of hydrogen-bond donors (Lipinski definition) is 1. The molecule has 1 aromatic carbocycles. The van der Waals surface area contributed by atoms with Crippen molar-refractivity contribution < 1.29 is 9.53 Å². The number of nitrogens with one attached hydrogen (secondary N) is 1. The maximum absolute atomic E-state index is 12.4. The number of methoxy groups -OCH3 is 1. The average molecular weight is 377 g/mol. The molecule has 1 aliphatic rings. The predicted molar refractivity (Wildman–Crippen MR) is 99.8 cm³/mol. The minimum atomic E-state index is -0.189. The fourth-order valence-electron chi connectivity index (χ4n) is 3.05. The van der Waals surface area contributed by atoms with E-state index < -0.39 is 0 Å². The van der Waals surface area contributed by atoms with Crippen LogP contribution in [0.5, 0.6) is 5.75 Å². The molecule has 8 heteroatoms. The van der Waals surface area contributed by atoms with Crippen LogP contribution >= 0.6 is 11.6 Å². The quantitative estimate of drug-likeness (QED) is 0.879. The second-order valence-electron chi connectivity index (χ2n) is 6.30. The Morgan fingerprint density at radius 3 is 2.92 bits per heavy atom. The highest BCUT2D eigenvalue weighted by Crippen LogP contribution is 2.27. The van der Waals surface area contributed by atoms with Gasteiger partial charge in [0.15, 0.2) is 0 Å². The number of anilines is 1. The Labute approximate surface area is 156 Å². The van der Waals surface area contributed by atoms with Crippen molar-refractivity contribution in [3.63, 3.8) is 0 Å². The SMILES string of the molecule is COc1ccc(Cl)cc1NC(=O)CN1CCc2nc(C)n(C)c(=O)c2C1. The number of benzene rings is 1. The molecule has 138 valence electrons. The Morgan fingerprint density at radius 1 is 1.42 bits per heavy atom. The zero-order valence-electron chi connectivity index (χ0n) is 15.0. The lowest BCUT2D eigenvalue weighted by atomic mass is 10.1. The first-order chi connectivity index (χ1) is 12.4. The topological polar surface area (TPSA) is 76.5 Å². The summed E-state index contributed by atoms with van der Waals surface area (Å²) in [5.41, 5.74) is 1.97. The molecule has 1 amide bonds. The minimum Gasteiger partial charge on any atom is -0.495 e. The number of ether oxygens (including phenoxy) is 1. The van der Waals surface area contributed by atoms with Crippen molar-refractivity contribution in [2.45, 2.75) is 19.9 Å². The van der Waals surface area contributed by atoms with Crippen LogP contribution in [0.15, 0.2) is 23.0 Å². The van der Waals surface area contributed by atoms with Gasteiger partial charge < -0.3 is 10.1 Å². The number of fused-ring (bicyclic) bond motifs is 1. The molecule has 1 aromatic heterocycles. The third-order valence-electron chi connectivity index (χ3n) is 4.54. The summed E-state index contributed by atoms with van der Waals surface area (Å²) in [6.07, 6.45) is 0.653. The number of aryl methyl sites for hydroxylation is 1. The number of halogens is 1. The summed E-state index contributed by atoms with van der Waals surface area (Å²) in [4.78, 5) is 31.3. The number of nitrogens with zero attached hydrogens (tertiary/aromatic N) is 3. The van der Waals surface area contributed by atoms with Gasteiger partial charge in [0.25, 0.3) is 5.56 Å². The number of rotatable bonds is 4. The molecule has 26 heavy (non-hydrogen) atoms. The van der Waals surface area contributed by atoms with Crippen molar-refractivity contribution in [3.05, 3.63) is 50.7 Å². The van der Waals surface area contributed by atoms with Crippen molar-refractivity contribution >= 4 is 23.2 Å². The first kappa shape index (κ1) is 18.4. The zero-order valence-corrected chi connectivity index (χ0v) is 15.8. The van der Waals surface area contributed by atoms with Crippen LogP contribution in [-0.2, 0) is 24.8 Å². The van der Waals surface area contributed by atoms with Crippen LogP contribution in [0.3, 0.4) is 0 Å². The molecule has 0 bridgehead atoms. The molecule has 0 aliphatic carbocycles. The van der Waals surface area contributed by atoms with Crippen LogP contribution in [-0.4, -0.2) is 40.6 Å². The molecule has 0 radical (unpaired) electrons. The third-order valence-corrected chi connectivity index (χ3v) is 4.78. The smallest absolute Gasteiger partial charge is 0.257 e. The van der Waals surface area contributed by atoms with Crippen molar-refractivity contribution in [2.75, 3.05) is 25.5 Å². The fraction of sp³-hybridized carbons (Fsp3) is 0.389. The molecule has 0 atom stereocenters. The van der Waals surface area contributed by atoms with E-state index in [0.29, 0.717) is 47.4 Å². The Bertz CT molecular complexity index is 910. The predicted octanol–water partition coefficient (Wildman–Crippen LogP) is 1.75. The van der Waals surface area contributed by atoms with Gasteiger partial charge in [-0.1, -0.05) is 11.6 Å². The Morgan fingerprint density at radius 2 is 2.19 bits per heavy atom. The molecular formula is C18H21ClN4O3. The number of amides is 1. The highest BCUT2D eigenvalue weighted by Gasteiger charge is 2.23. The van der Waals surface area contributed by atoms with Crippen molar-refractivity contribution in [2.24, 2.45) is 7.05 Å². The number of carbonyl (C=O) groups excluding carboxylic acids is 1. The van der Waals surface area contributed by atoms with E-state index in [1.165, 1.54) is 7.11 Å². The van der Waals surface area contributed by atoms with Gasteiger partial charge in [-0.25, -0.2) is 4.98 Å². The van der Waals surface area contributed by atoms with Crippen LogP contribution in [0.25, 0.3) is 0 Å². The van der Waals surface area contributed by atoms with E-state index in [1.807, 2.05) is 11.8 Å². The molecule has 2 heterocycles. The fourth-order valence-corrected chi connectivity index (χ4v) is 3.22.